The molecule has 0 aliphatic carbocycles. The van der Waals surface area contributed by atoms with Gasteiger partial charge in [-0.2, -0.15) is 0 Å². The van der Waals surface area contributed by atoms with E-state index < -0.39 is 6.04 Å². The summed E-state index contributed by atoms with van der Waals surface area (Å²) in [7, 11) is 0. The topological polar surface area (TPSA) is 97.8 Å². The number of benzene rings is 2. The molecular formula is C27H27N3O5. The molecule has 1 aliphatic heterocycles. The van der Waals surface area contributed by atoms with Crippen molar-refractivity contribution < 1.29 is 23.9 Å². The molecule has 1 N–H and O–H groups in total. The molecule has 0 bridgehead atoms. The van der Waals surface area contributed by atoms with Crippen molar-refractivity contribution >= 4 is 23.3 Å². The normalized spacial score (nSPS) is 13.4. The van der Waals surface area contributed by atoms with E-state index in [1.54, 1.807) is 49.5 Å². The fraction of sp³-hybridized carbons (Fsp3) is 0.259. The Morgan fingerprint density at radius 3 is 2.77 bits per heavy atom. The largest absolute Gasteiger partial charge is 0.485 e. The molecule has 180 valence electrons. The van der Waals surface area contributed by atoms with Crippen LogP contribution in [0, 0.1) is 0 Å². The number of carbonyl (C=O) groups is 3. The molecule has 1 atom stereocenters. The molecule has 2 aromatic carbocycles. The van der Waals surface area contributed by atoms with Gasteiger partial charge in [-0.3, -0.25) is 24.3 Å². The first-order chi connectivity index (χ1) is 17.0. The number of pyridine rings is 1. The summed E-state index contributed by atoms with van der Waals surface area (Å²) >= 11 is 0. The third kappa shape index (κ3) is 5.66. The van der Waals surface area contributed by atoms with Crippen LogP contribution in [0.4, 0.5) is 5.69 Å². The quantitative estimate of drug-likeness (QED) is 0.479. The maximum Gasteiger partial charge on any atom is 0.265 e. The highest BCUT2D eigenvalue weighted by atomic mass is 16.5. The lowest BCUT2D eigenvalue weighted by Crippen LogP contribution is -2.51. The standard InChI is InChI=1S/C27H27N3O5/c1-3-19-7-6-9-22(13-19)34-16-24(31)20-10-11-25-23(14-20)30(26(32)17-35-25)18(2)27(33)29-15-21-8-4-5-12-28-21/h4-14,18H,3,15-17H2,1-2H3,(H,29,33). The SMILES string of the molecule is CCc1cccc(OCC(=O)c2ccc3c(c2)N(C(C)C(=O)NCc2ccccn2)C(=O)CO3)c1. The van der Waals surface area contributed by atoms with Crippen molar-refractivity contribution in [3.63, 3.8) is 0 Å². The van der Waals surface area contributed by atoms with Crippen LogP contribution in [0.15, 0.2) is 66.9 Å². The molecule has 35 heavy (non-hydrogen) atoms. The molecule has 8 nitrogen and oxygen atoms in total. The summed E-state index contributed by atoms with van der Waals surface area (Å²) < 4.78 is 11.2. The minimum atomic E-state index is -0.813. The Balaban J connectivity index is 1.48. The molecule has 4 rings (SSSR count). The maximum absolute atomic E-state index is 12.9. The molecule has 2 heterocycles. The van der Waals surface area contributed by atoms with Crippen molar-refractivity contribution in [2.24, 2.45) is 0 Å². The number of Topliss-reactive ketones (excluding diaryl/α,β-unsaturated/α-hetero) is 1. The lowest BCUT2D eigenvalue weighted by atomic mass is 10.1. The van der Waals surface area contributed by atoms with Crippen LogP contribution in [0.25, 0.3) is 0 Å². The number of aryl methyl sites for hydroxylation is 1. The van der Waals surface area contributed by atoms with Gasteiger partial charge in [-0.25, -0.2) is 0 Å². The summed E-state index contributed by atoms with van der Waals surface area (Å²) in [6, 6.07) is 17.1. The van der Waals surface area contributed by atoms with E-state index in [-0.39, 0.29) is 37.4 Å². The second-order valence-electron chi connectivity index (χ2n) is 8.16. The second kappa shape index (κ2) is 10.8. The van der Waals surface area contributed by atoms with E-state index in [0.717, 1.165) is 12.0 Å². The third-order valence-corrected chi connectivity index (χ3v) is 5.77. The molecule has 3 aromatic rings. The van der Waals surface area contributed by atoms with E-state index in [1.165, 1.54) is 4.90 Å². The fourth-order valence-electron chi connectivity index (χ4n) is 3.80. The number of nitrogens with zero attached hydrogens (tertiary/aromatic N) is 2. The zero-order valence-electron chi connectivity index (χ0n) is 19.7. The van der Waals surface area contributed by atoms with Crippen molar-refractivity contribution in [1.29, 1.82) is 0 Å². The predicted molar refractivity (Wildman–Crippen MR) is 131 cm³/mol. The molecule has 1 aromatic heterocycles. The van der Waals surface area contributed by atoms with E-state index in [9.17, 15) is 14.4 Å². The Morgan fingerprint density at radius 2 is 2.00 bits per heavy atom. The molecule has 0 fully saturated rings. The Bertz CT molecular complexity index is 1230. The van der Waals surface area contributed by atoms with Gasteiger partial charge in [-0.1, -0.05) is 25.1 Å². The fourth-order valence-corrected chi connectivity index (χ4v) is 3.80. The Kier molecular flexibility index (Phi) is 7.40. The molecule has 8 heteroatoms. The van der Waals surface area contributed by atoms with Gasteiger partial charge in [0.25, 0.3) is 5.91 Å². The highest BCUT2D eigenvalue weighted by Gasteiger charge is 2.33. The lowest BCUT2D eigenvalue weighted by molar-refractivity contribution is -0.127. The van der Waals surface area contributed by atoms with Crippen molar-refractivity contribution in [2.45, 2.75) is 32.9 Å². The number of aromatic nitrogens is 1. The lowest BCUT2D eigenvalue weighted by Gasteiger charge is -2.33. The summed E-state index contributed by atoms with van der Waals surface area (Å²) in [4.78, 5) is 44.0. The molecule has 2 amide bonds. The van der Waals surface area contributed by atoms with Crippen LogP contribution in [0.1, 0.15) is 35.5 Å². The Morgan fingerprint density at radius 1 is 1.14 bits per heavy atom. The van der Waals surface area contributed by atoms with Gasteiger partial charge >= 0.3 is 0 Å². The van der Waals surface area contributed by atoms with Crippen LogP contribution in [0.5, 0.6) is 11.5 Å². The zero-order valence-corrected chi connectivity index (χ0v) is 19.7. The van der Waals surface area contributed by atoms with E-state index in [4.69, 9.17) is 9.47 Å². The summed E-state index contributed by atoms with van der Waals surface area (Å²) in [5, 5.41) is 2.81. The van der Waals surface area contributed by atoms with Gasteiger partial charge in [0.15, 0.2) is 19.0 Å². The summed E-state index contributed by atoms with van der Waals surface area (Å²) in [5.74, 6) is 0.0963. The summed E-state index contributed by atoms with van der Waals surface area (Å²) in [6.45, 7) is 3.59. The van der Waals surface area contributed by atoms with Crippen molar-refractivity contribution in [2.75, 3.05) is 18.1 Å². The van der Waals surface area contributed by atoms with Gasteiger partial charge in [0.1, 0.15) is 17.5 Å². The highest BCUT2D eigenvalue weighted by molar-refractivity contribution is 6.05. The van der Waals surface area contributed by atoms with E-state index in [2.05, 4.69) is 10.3 Å². The minimum Gasteiger partial charge on any atom is -0.485 e. The zero-order chi connectivity index (χ0) is 24.8. The molecule has 1 unspecified atom stereocenters. The smallest absolute Gasteiger partial charge is 0.265 e. The molecule has 0 saturated carbocycles. The van der Waals surface area contributed by atoms with E-state index in [0.29, 0.717) is 28.4 Å². The molecule has 0 spiro atoms. The number of anilines is 1. The number of nitrogens with one attached hydrogen (secondary N) is 1. The summed E-state index contributed by atoms with van der Waals surface area (Å²) in [5.41, 5.74) is 2.56. The number of ketones is 1. The van der Waals surface area contributed by atoms with Crippen LogP contribution in [-0.2, 0) is 22.6 Å². The van der Waals surface area contributed by atoms with E-state index in [1.807, 2.05) is 31.2 Å². The second-order valence-corrected chi connectivity index (χ2v) is 8.16. The van der Waals surface area contributed by atoms with Crippen LogP contribution < -0.4 is 19.7 Å². The number of fused-ring (bicyclic) bond motifs is 1. The predicted octanol–water partition coefficient (Wildman–Crippen LogP) is 3.34. The van der Waals surface area contributed by atoms with Crippen molar-refractivity contribution in [1.82, 2.24) is 10.3 Å². The first-order valence-electron chi connectivity index (χ1n) is 11.5. The van der Waals surface area contributed by atoms with Gasteiger partial charge in [0.05, 0.1) is 17.9 Å². The van der Waals surface area contributed by atoms with Crippen molar-refractivity contribution in [3.05, 3.63) is 83.7 Å². The molecule has 0 saturated heterocycles. The van der Waals surface area contributed by atoms with Crippen molar-refractivity contribution in [3.8, 4) is 11.5 Å². The number of ether oxygens (including phenoxy) is 2. The average molecular weight is 474 g/mol. The number of amides is 2. The minimum absolute atomic E-state index is 0.152. The molecule has 0 radical (unpaired) electrons. The van der Waals surface area contributed by atoms with Crippen LogP contribution in [0.2, 0.25) is 0 Å². The Hall–Kier alpha value is -4.20. The van der Waals surface area contributed by atoms with Gasteiger partial charge in [-0.05, 0) is 61.4 Å². The third-order valence-electron chi connectivity index (χ3n) is 5.77. The summed E-state index contributed by atoms with van der Waals surface area (Å²) in [6.07, 6.45) is 2.52. The molecule has 1 aliphatic rings. The van der Waals surface area contributed by atoms with Crippen LogP contribution in [-0.4, -0.2) is 41.8 Å². The maximum atomic E-state index is 12.9. The Labute approximate surface area is 203 Å². The van der Waals surface area contributed by atoms with Crippen LogP contribution in [0.3, 0.4) is 0 Å². The van der Waals surface area contributed by atoms with E-state index >= 15 is 0 Å². The highest BCUT2D eigenvalue weighted by Crippen LogP contribution is 2.34. The number of hydrogen-bond donors (Lipinski definition) is 1. The molecular weight excluding hydrogens is 446 g/mol. The van der Waals surface area contributed by atoms with Gasteiger partial charge in [0, 0.05) is 11.8 Å². The first-order valence-corrected chi connectivity index (χ1v) is 11.5. The number of carbonyl (C=O) groups excluding carboxylic acids is 3. The monoisotopic (exact) mass is 473 g/mol. The number of hydrogen-bond acceptors (Lipinski definition) is 6. The van der Waals surface area contributed by atoms with Gasteiger partial charge in [-0.15, -0.1) is 0 Å². The first kappa shape index (κ1) is 23.9. The van der Waals surface area contributed by atoms with Gasteiger partial charge in [0.2, 0.25) is 5.91 Å². The van der Waals surface area contributed by atoms with Crippen LogP contribution >= 0.6 is 0 Å². The average Bonchev–Trinajstić information content (AvgIpc) is 2.90. The van der Waals surface area contributed by atoms with Gasteiger partial charge < -0.3 is 14.8 Å². The number of rotatable bonds is 9.